The third kappa shape index (κ3) is 4.67. The van der Waals surface area contributed by atoms with E-state index in [1.165, 1.54) is 25.0 Å². The number of amides is 1. The second-order valence-electron chi connectivity index (χ2n) is 5.91. The fourth-order valence-corrected chi connectivity index (χ4v) is 3.41. The maximum absolute atomic E-state index is 12.3. The Morgan fingerprint density at radius 2 is 1.77 bits per heavy atom. The molecule has 0 aliphatic carbocycles. The van der Waals surface area contributed by atoms with E-state index in [4.69, 9.17) is 0 Å². The zero-order valence-electron chi connectivity index (χ0n) is 14.4. The highest BCUT2D eigenvalue weighted by Gasteiger charge is 2.18. The smallest absolute Gasteiger partial charge is 0.231 e. The molecule has 0 fully saturated rings. The van der Waals surface area contributed by atoms with Crippen LogP contribution in [-0.4, -0.2) is 33.5 Å². The molecule has 26 heavy (non-hydrogen) atoms. The molecular formula is C20H19N3O2S. The Labute approximate surface area is 156 Å². The maximum atomic E-state index is 12.3. The number of para-hydroxylation sites is 1. The topological polar surface area (TPSA) is 72.0 Å². The van der Waals surface area contributed by atoms with E-state index in [0.29, 0.717) is 6.42 Å². The number of nitrogens with one attached hydrogen (secondary N) is 1. The number of carbonyl (C=O) groups is 2. The minimum absolute atomic E-state index is 0.0558. The Morgan fingerprint density at radius 3 is 2.54 bits per heavy atom. The summed E-state index contributed by atoms with van der Waals surface area (Å²) >= 11 is 1.34. The summed E-state index contributed by atoms with van der Waals surface area (Å²) in [6, 6.07) is 16.8. The van der Waals surface area contributed by atoms with Crippen LogP contribution in [0, 0.1) is 0 Å². The van der Waals surface area contributed by atoms with Crippen molar-refractivity contribution in [1.82, 2.24) is 15.3 Å². The van der Waals surface area contributed by atoms with Gasteiger partial charge in [0.25, 0.3) is 0 Å². The van der Waals surface area contributed by atoms with Crippen molar-refractivity contribution < 1.29 is 9.59 Å². The van der Waals surface area contributed by atoms with Gasteiger partial charge in [0.15, 0.2) is 5.78 Å². The quantitative estimate of drug-likeness (QED) is 0.515. The van der Waals surface area contributed by atoms with Crippen LogP contribution >= 0.6 is 11.8 Å². The summed E-state index contributed by atoms with van der Waals surface area (Å²) in [6.07, 6.45) is 1.99. The molecule has 1 N–H and O–H groups in total. The van der Waals surface area contributed by atoms with E-state index < -0.39 is 6.04 Å². The molecule has 0 saturated carbocycles. The molecule has 132 valence electrons. The summed E-state index contributed by atoms with van der Waals surface area (Å²) in [4.78, 5) is 32.7. The molecule has 1 aromatic heterocycles. The van der Waals surface area contributed by atoms with Gasteiger partial charge in [-0.1, -0.05) is 60.3 Å². The Balaban J connectivity index is 1.62. The van der Waals surface area contributed by atoms with Gasteiger partial charge in [-0.15, -0.1) is 0 Å². The van der Waals surface area contributed by atoms with Crippen molar-refractivity contribution in [3.8, 4) is 0 Å². The SMILES string of the molecule is CC(=O)[C@H](Cc1ccccc1)NC(=O)CSc1ncnc2ccccc12. The lowest BCUT2D eigenvalue weighted by Crippen LogP contribution is -2.42. The van der Waals surface area contributed by atoms with Gasteiger partial charge in [-0.25, -0.2) is 9.97 Å². The number of benzene rings is 2. The summed E-state index contributed by atoms with van der Waals surface area (Å²) in [5.74, 6) is -0.0481. The highest BCUT2D eigenvalue weighted by molar-refractivity contribution is 8.00. The maximum Gasteiger partial charge on any atom is 0.231 e. The number of carbonyl (C=O) groups excluding carboxylic acids is 2. The van der Waals surface area contributed by atoms with Crippen LogP contribution in [0.5, 0.6) is 0 Å². The average Bonchev–Trinajstić information content (AvgIpc) is 2.66. The molecule has 0 aliphatic rings. The fraction of sp³-hybridized carbons (Fsp3) is 0.200. The van der Waals surface area contributed by atoms with E-state index in [2.05, 4.69) is 15.3 Å². The van der Waals surface area contributed by atoms with Gasteiger partial charge in [-0.2, -0.15) is 0 Å². The Hall–Kier alpha value is -2.73. The molecule has 1 heterocycles. The van der Waals surface area contributed by atoms with Gasteiger partial charge in [-0.3, -0.25) is 9.59 Å². The number of fused-ring (bicyclic) bond motifs is 1. The molecule has 3 aromatic rings. The van der Waals surface area contributed by atoms with Crippen molar-refractivity contribution in [2.24, 2.45) is 0 Å². The molecule has 0 bridgehead atoms. The molecule has 6 heteroatoms. The molecule has 2 aromatic carbocycles. The van der Waals surface area contributed by atoms with Crippen molar-refractivity contribution in [2.75, 3.05) is 5.75 Å². The lowest BCUT2D eigenvalue weighted by molar-refractivity contribution is -0.125. The molecule has 3 rings (SSSR count). The largest absolute Gasteiger partial charge is 0.345 e. The highest BCUT2D eigenvalue weighted by atomic mass is 32.2. The number of thioether (sulfide) groups is 1. The summed E-state index contributed by atoms with van der Waals surface area (Å²) in [7, 11) is 0. The van der Waals surface area contributed by atoms with Gasteiger partial charge in [0, 0.05) is 5.39 Å². The van der Waals surface area contributed by atoms with E-state index in [1.807, 2.05) is 54.6 Å². The Morgan fingerprint density at radius 1 is 1.04 bits per heavy atom. The predicted molar refractivity (Wildman–Crippen MR) is 103 cm³/mol. The molecule has 5 nitrogen and oxygen atoms in total. The first-order valence-electron chi connectivity index (χ1n) is 8.30. The van der Waals surface area contributed by atoms with Crippen molar-refractivity contribution in [3.63, 3.8) is 0 Å². The first kappa shape index (κ1) is 18.1. The van der Waals surface area contributed by atoms with Crippen LogP contribution in [-0.2, 0) is 16.0 Å². The number of rotatable bonds is 7. The monoisotopic (exact) mass is 365 g/mol. The van der Waals surface area contributed by atoms with Crippen molar-refractivity contribution >= 4 is 34.4 Å². The summed E-state index contributed by atoms with van der Waals surface area (Å²) < 4.78 is 0. The number of nitrogens with zero attached hydrogens (tertiary/aromatic N) is 2. The van der Waals surface area contributed by atoms with Crippen LogP contribution in [0.4, 0.5) is 0 Å². The number of Topliss-reactive ketones (excluding diaryl/α,β-unsaturated/α-hetero) is 1. The highest BCUT2D eigenvalue weighted by Crippen LogP contribution is 2.23. The van der Waals surface area contributed by atoms with Crippen molar-refractivity contribution in [3.05, 3.63) is 66.5 Å². The van der Waals surface area contributed by atoms with Gasteiger partial charge in [-0.05, 0) is 25.0 Å². The van der Waals surface area contributed by atoms with Gasteiger partial charge < -0.3 is 5.32 Å². The number of hydrogen-bond donors (Lipinski definition) is 1. The first-order valence-corrected chi connectivity index (χ1v) is 9.28. The van der Waals surface area contributed by atoms with E-state index >= 15 is 0 Å². The minimum Gasteiger partial charge on any atom is -0.345 e. The fourth-order valence-electron chi connectivity index (χ4n) is 2.61. The second-order valence-corrected chi connectivity index (χ2v) is 6.87. The minimum atomic E-state index is -0.521. The molecular weight excluding hydrogens is 346 g/mol. The number of ketones is 1. The van der Waals surface area contributed by atoms with Gasteiger partial charge in [0.1, 0.15) is 11.4 Å². The van der Waals surface area contributed by atoms with E-state index in [9.17, 15) is 9.59 Å². The third-order valence-corrected chi connectivity index (χ3v) is 4.96. The predicted octanol–water partition coefficient (Wildman–Crippen LogP) is 3.04. The third-order valence-electron chi connectivity index (χ3n) is 3.95. The molecule has 1 atom stereocenters. The Kier molecular flexibility index (Phi) is 5.96. The van der Waals surface area contributed by atoms with Crippen LogP contribution in [0.15, 0.2) is 66.0 Å². The standard InChI is InChI=1S/C20H19N3O2S/c1-14(24)18(11-15-7-3-2-4-8-15)23-19(25)12-26-20-16-9-5-6-10-17(16)21-13-22-20/h2-10,13,18H,11-12H2,1H3,(H,23,25)/t18-/m0/s1. The van der Waals surface area contributed by atoms with Crippen LogP contribution in [0.2, 0.25) is 0 Å². The molecule has 0 radical (unpaired) electrons. The van der Waals surface area contributed by atoms with Gasteiger partial charge in [0.05, 0.1) is 17.3 Å². The summed E-state index contributed by atoms with van der Waals surface area (Å²) in [5.41, 5.74) is 1.86. The normalized spacial score (nSPS) is 11.9. The lowest BCUT2D eigenvalue weighted by atomic mass is 10.0. The van der Waals surface area contributed by atoms with E-state index in [0.717, 1.165) is 21.5 Å². The van der Waals surface area contributed by atoms with Crippen LogP contribution in [0.25, 0.3) is 10.9 Å². The zero-order chi connectivity index (χ0) is 18.4. The zero-order valence-corrected chi connectivity index (χ0v) is 15.2. The second kappa shape index (κ2) is 8.58. The van der Waals surface area contributed by atoms with Crippen molar-refractivity contribution in [1.29, 1.82) is 0 Å². The molecule has 0 aliphatic heterocycles. The van der Waals surface area contributed by atoms with Crippen molar-refractivity contribution in [2.45, 2.75) is 24.4 Å². The van der Waals surface area contributed by atoms with Crippen LogP contribution < -0.4 is 5.32 Å². The lowest BCUT2D eigenvalue weighted by Gasteiger charge is -2.16. The van der Waals surface area contributed by atoms with Crippen LogP contribution in [0.3, 0.4) is 0 Å². The molecule has 0 unspecified atom stereocenters. The number of aromatic nitrogens is 2. The van der Waals surface area contributed by atoms with Gasteiger partial charge in [0.2, 0.25) is 5.91 Å². The Bertz CT molecular complexity index is 910. The number of hydrogen-bond acceptors (Lipinski definition) is 5. The van der Waals surface area contributed by atoms with E-state index in [-0.39, 0.29) is 17.4 Å². The molecule has 0 saturated heterocycles. The van der Waals surface area contributed by atoms with Gasteiger partial charge >= 0.3 is 0 Å². The first-order chi connectivity index (χ1) is 12.6. The van der Waals surface area contributed by atoms with Crippen LogP contribution in [0.1, 0.15) is 12.5 Å². The summed E-state index contributed by atoms with van der Waals surface area (Å²) in [6.45, 7) is 1.50. The van der Waals surface area contributed by atoms with E-state index in [1.54, 1.807) is 0 Å². The molecule has 1 amide bonds. The summed E-state index contributed by atoms with van der Waals surface area (Å²) in [5, 5.41) is 4.50. The molecule has 0 spiro atoms. The average molecular weight is 365 g/mol.